The molecule has 25 heavy (non-hydrogen) atoms. The van der Waals surface area contributed by atoms with Crippen molar-refractivity contribution in [2.24, 2.45) is 0 Å². The average molecular weight is 334 g/mol. The Labute approximate surface area is 147 Å². The first kappa shape index (κ1) is 15.9. The summed E-state index contributed by atoms with van der Waals surface area (Å²) in [5, 5.41) is 3.84. The van der Waals surface area contributed by atoms with E-state index in [-0.39, 0.29) is 5.91 Å². The lowest BCUT2D eigenvalue weighted by Gasteiger charge is -2.26. The van der Waals surface area contributed by atoms with E-state index in [4.69, 9.17) is 4.42 Å². The van der Waals surface area contributed by atoms with E-state index in [0.29, 0.717) is 5.76 Å². The van der Waals surface area contributed by atoms with E-state index in [1.165, 1.54) is 37.9 Å². The molecule has 0 aliphatic carbocycles. The number of carbonyl (C=O) groups excluding carboxylic acids is 1. The molecule has 1 aliphatic heterocycles. The highest BCUT2D eigenvalue weighted by atomic mass is 16.3. The van der Waals surface area contributed by atoms with Gasteiger partial charge in [0.15, 0.2) is 5.76 Å². The Morgan fingerprint density at radius 3 is 2.52 bits per heavy atom. The molecule has 1 saturated heterocycles. The number of carbonyl (C=O) groups is 1. The molecule has 1 N–H and O–H groups in total. The van der Waals surface area contributed by atoms with Crippen molar-refractivity contribution in [2.45, 2.75) is 25.8 Å². The molecule has 4 nitrogen and oxygen atoms in total. The lowest BCUT2D eigenvalue weighted by molar-refractivity contribution is 0.0998. The lowest BCUT2D eigenvalue weighted by atomic mass is 10.1. The molecule has 1 fully saturated rings. The molecule has 1 aromatic heterocycles. The number of amides is 1. The first-order valence-corrected chi connectivity index (χ1v) is 8.89. The molecule has 4 rings (SSSR count). The summed E-state index contributed by atoms with van der Waals surface area (Å²) in [4.78, 5) is 14.9. The van der Waals surface area contributed by atoms with Crippen LogP contribution in [0.25, 0.3) is 11.0 Å². The van der Waals surface area contributed by atoms with Crippen LogP contribution in [0.2, 0.25) is 0 Å². The SMILES string of the molecule is O=C(Nc1ccc(CN2CCCCC2)cc1)c1cc2ccccc2o1. The van der Waals surface area contributed by atoms with Gasteiger partial charge in [-0.3, -0.25) is 9.69 Å². The number of anilines is 1. The fourth-order valence-corrected chi connectivity index (χ4v) is 3.36. The number of piperidine rings is 1. The Balaban J connectivity index is 1.40. The van der Waals surface area contributed by atoms with Gasteiger partial charge in [-0.25, -0.2) is 0 Å². The standard InChI is InChI=1S/C21H22N2O2/c24-21(20-14-17-6-2-3-7-19(17)25-20)22-18-10-8-16(9-11-18)15-23-12-4-1-5-13-23/h2-3,6-11,14H,1,4-5,12-13,15H2,(H,22,24). The number of benzene rings is 2. The summed E-state index contributed by atoms with van der Waals surface area (Å²) in [6.07, 6.45) is 3.94. The summed E-state index contributed by atoms with van der Waals surface area (Å²) in [6.45, 7) is 3.35. The molecule has 0 radical (unpaired) electrons. The van der Waals surface area contributed by atoms with Gasteiger partial charge in [-0.2, -0.15) is 0 Å². The van der Waals surface area contributed by atoms with Gasteiger partial charge in [0.25, 0.3) is 5.91 Å². The van der Waals surface area contributed by atoms with Crippen LogP contribution in [-0.2, 0) is 6.54 Å². The van der Waals surface area contributed by atoms with Crippen LogP contribution in [0.5, 0.6) is 0 Å². The minimum Gasteiger partial charge on any atom is -0.451 e. The lowest BCUT2D eigenvalue weighted by Crippen LogP contribution is -2.29. The largest absolute Gasteiger partial charge is 0.451 e. The zero-order valence-electron chi connectivity index (χ0n) is 14.2. The molecule has 0 atom stereocenters. The normalized spacial score (nSPS) is 15.4. The maximum absolute atomic E-state index is 12.4. The predicted molar refractivity (Wildman–Crippen MR) is 99.7 cm³/mol. The molecular weight excluding hydrogens is 312 g/mol. The second kappa shape index (κ2) is 7.11. The molecule has 3 aromatic rings. The van der Waals surface area contributed by atoms with Gasteiger partial charge in [0.2, 0.25) is 0 Å². The highest BCUT2D eigenvalue weighted by Gasteiger charge is 2.13. The number of likely N-dealkylation sites (tertiary alicyclic amines) is 1. The van der Waals surface area contributed by atoms with Crippen molar-refractivity contribution < 1.29 is 9.21 Å². The highest BCUT2D eigenvalue weighted by molar-refractivity contribution is 6.04. The molecule has 0 spiro atoms. The second-order valence-electron chi connectivity index (χ2n) is 6.64. The van der Waals surface area contributed by atoms with Crippen LogP contribution >= 0.6 is 0 Å². The molecule has 1 amide bonds. The number of hydrogen-bond acceptors (Lipinski definition) is 3. The number of hydrogen-bond donors (Lipinski definition) is 1. The summed E-state index contributed by atoms with van der Waals surface area (Å²) in [6, 6.07) is 17.5. The summed E-state index contributed by atoms with van der Waals surface area (Å²) < 4.78 is 5.61. The van der Waals surface area contributed by atoms with Crippen molar-refractivity contribution in [3.05, 3.63) is 65.9 Å². The van der Waals surface area contributed by atoms with Gasteiger partial charge >= 0.3 is 0 Å². The van der Waals surface area contributed by atoms with Crippen LogP contribution in [-0.4, -0.2) is 23.9 Å². The van der Waals surface area contributed by atoms with Crippen molar-refractivity contribution in [1.29, 1.82) is 0 Å². The van der Waals surface area contributed by atoms with Crippen LogP contribution in [0.3, 0.4) is 0 Å². The third-order valence-electron chi connectivity index (χ3n) is 4.72. The average Bonchev–Trinajstić information content (AvgIpc) is 3.09. The smallest absolute Gasteiger partial charge is 0.291 e. The van der Waals surface area contributed by atoms with Gasteiger partial charge in [0.05, 0.1) is 0 Å². The Morgan fingerprint density at radius 2 is 1.76 bits per heavy atom. The topological polar surface area (TPSA) is 45.5 Å². The van der Waals surface area contributed by atoms with Crippen molar-refractivity contribution in [3.8, 4) is 0 Å². The maximum Gasteiger partial charge on any atom is 0.291 e. The second-order valence-corrected chi connectivity index (χ2v) is 6.64. The molecule has 0 saturated carbocycles. The summed E-state index contributed by atoms with van der Waals surface area (Å²) >= 11 is 0. The third-order valence-corrected chi connectivity index (χ3v) is 4.72. The van der Waals surface area contributed by atoms with E-state index in [0.717, 1.165) is 23.2 Å². The van der Waals surface area contributed by atoms with Crippen molar-refractivity contribution in [3.63, 3.8) is 0 Å². The first-order valence-electron chi connectivity index (χ1n) is 8.89. The van der Waals surface area contributed by atoms with E-state index >= 15 is 0 Å². The molecule has 2 heterocycles. The Bertz CT molecular complexity index is 828. The van der Waals surface area contributed by atoms with Crippen molar-refractivity contribution in [1.82, 2.24) is 4.90 Å². The van der Waals surface area contributed by atoms with Gasteiger partial charge in [-0.1, -0.05) is 36.8 Å². The third kappa shape index (κ3) is 3.74. The molecule has 0 bridgehead atoms. The number of para-hydroxylation sites is 1. The van der Waals surface area contributed by atoms with E-state index in [1.54, 1.807) is 6.07 Å². The molecule has 1 aliphatic rings. The van der Waals surface area contributed by atoms with Crippen LogP contribution < -0.4 is 5.32 Å². The Hall–Kier alpha value is -2.59. The van der Waals surface area contributed by atoms with E-state index in [9.17, 15) is 4.79 Å². The van der Waals surface area contributed by atoms with Crippen molar-refractivity contribution in [2.75, 3.05) is 18.4 Å². The molecule has 4 heteroatoms. The molecule has 0 unspecified atom stereocenters. The van der Waals surface area contributed by atoms with Crippen LogP contribution in [0.4, 0.5) is 5.69 Å². The number of nitrogens with one attached hydrogen (secondary N) is 1. The van der Waals surface area contributed by atoms with Gasteiger partial charge in [-0.05, 0) is 55.8 Å². The summed E-state index contributed by atoms with van der Waals surface area (Å²) in [5.74, 6) is 0.110. The zero-order valence-corrected chi connectivity index (χ0v) is 14.2. The molecule has 128 valence electrons. The molecule has 2 aromatic carbocycles. The number of rotatable bonds is 4. The maximum atomic E-state index is 12.4. The van der Waals surface area contributed by atoms with Gasteiger partial charge < -0.3 is 9.73 Å². The van der Waals surface area contributed by atoms with E-state index < -0.39 is 0 Å². The number of furan rings is 1. The number of fused-ring (bicyclic) bond motifs is 1. The Kier molecular flexibility index (Phi) is 4.53. The fourth-order valence-electron chi connectivity index (χ4n) is 3.36. The van der Waals surface area contributed by atoms with Gasteiger partial charge in [-0.15, -0.1) is 0 Å². The Morgan fingerprint density at radius 1 is 1.00 bits per heavy atom. The number of nitrogens with zero attached hydrogens (tertiary/aromatic N) is 1. The summed E-state index contributed by atoms with van der Waals surface area (Å²) in [5.41, 5.74) is 2.79. The minimum atomic E-state index is -0.222. The monoisotopic (exact) mass is 334 g/mol. The predicted octanol–water partition coefficient (Wildman–Crippen LogP) is 4.67. The highest BCUT2D eigenvalue weighted by Crippen LogP contribution is 2.20. The van der Waals surface area contributed by atoms with E-state index in [1.807, 2.05) is 36.4 Å². The molecular formula is C21H22N2O2. The zero-order chi connectivity index (χ0) is 17.1. The summed E-state index contributed by atoms with van der Waals surface area (Å²) in [7, 11) is 0. The van der Waals surface area contributed by atoms with Crippen LogP contribution in [0, 0.1) is 0 Å². The van der Waals surface area contributed by atoms with Crippen LogP contribution in [0.15, 0.2) is 59.0 Å². The quantitative estimate of drug-likeness (QED) is 0.754. The van der Waals surface area contributed by atoms with Crippen molar-refractivity contribution >= 4 is 22.6 Å². The van der Waals surface area contributed by atoms with Gasteiger partial charge in [0.1, 0.15) is 5.58 Å². The van der Waals surface area contributed by atoms with Crippen LogP contribution in [0.1, 0.15) is 35.4 Å². The first-order chi connectivity index (χ1) is 12.3. The van der Waals surface area contributed by atoms with E-state index in [2.05, 4.69) is 22.3 Å². The van der Waals surface area contributed by atoms with Gasteiger partial charge in [0, 0.05) is 17.6 Å². The fraction of sp³-hybridized carbons (Fsp3) is 0.286. The minimum absolute atomic E-state index is 0.222.